The van der Waals surface area contributed by atoms with Crippen molar-refractivity contribution in [2.45, 2.75) is 0 Å². The number of aromatic nitrogens is 3. The largest absolute Gasteiger partial charge is 0.456 e. The van der Waals surface area contributed by atoms with Crippen molar-refractivity contribution in [3.05, 3.63) is 152 Å². The predicted molar refractivity (Wildman–Crippen MR) is 184 cm³/mol. The molecule has 4 heteroatoms. The van der Waals surface area contributed by atoms with Gasteiger partial charge in [-0.3, -0.25) is 0 Å². The molecule has 0 aliphatic carbocycles. The van der Waals surface area contributed by atoms with Gasteiger partial charge < -0.3 is 4.42 Å². The molecule has 0 aliphatic heterocycles. The number of hydrogen-bond donors (Lipinski definition) is 0. The number of hydrogen-bond acceptors (Lipinski definition) is 4. The molecule has 0 spiro atoms. The van der Waals surface area contributed by atoms with Gasteiger partial charge in [-0.15, -0.1) is 0 Å². The number of nitrogens with zero attached hydrogens (tertiary/aromatic N) is 3. The molecule has 0 saturated carbocycles. The second-order valence-electron chi connectivity index (χ2n) is 11.3. The Morgan fingerprint density at radius 3 is 1.87 bits per heavy atom. The normalized spacial score (nSPS) is 11.6. The maximum Gasteiger partial charge on any atom is 0.164 e. The van der Waals surface area contributed by atoms with E-state index in [0.717, 1.165) is 54.8 Å². The third-order valence-electron chi connectivity index (χ3n) is 8.51. The van der Waals surface area contributed by atoms with E-state index in [1.807, 2.05) is 36.4 Å². The van der Waals surface area contributed by atoms with Crippen LogP contribution in [0, 0.1) is 0 Å². The third-order valence-corrected chi connectivity index (χ3v) is 8.51. The van der Waals surface area contributed by atoms with Gasteiger partial charge in [-0.25, -0.2) is 15.0 Å². The number of fused-ring (bicyclic) bond motifs is 5. The molecule has 9 aromatic rings. The van der Waals surface area contributed by atoms with Crippen LogP contribution in [0.15, 0.2) is 156 Å². The summed E-state index contributed by atoms with van der Waals surface area (Å²) in [6.45, 7) is 0. The maximum absolute atomic E-state index is 6.11. The monoisotopic (exact) mass is 575 g/mol. The summed E-state index contributed by atoms with van der Waals surface area (Å²) in [6.07, 6.45) is 0. The number of rotatable bonds is 4. The van der Waals surface area contributed by atoms with E-state index >= 15 is 0 Å². The maximum atomic E-state index is 6.11. The number of para-hydroxylation sites is 1. The van der Waals surface area contributed by atoms with Crippen LogP contribution in [0.25, 0.3) is 88.8 Å². The van der Waals surface area contributed by atoms with Crippen LogP contribution in [-0.4, -0.2) is 15.0 Å². The van der Waals surface area contributed by atoms with Gasteiger partial charge >= 0.3 is 0 Å². The molecule has 0 bridgehead atoms. The van der Waals surface area contributed by atoms with Gasteiger partial charge in [0.2, 0.25) is 0 Å². The summed E-state index contributed by atoms with van der Waals surface area (Å²) in [5.74, 6) is 1.89. The minimum Gasteiger partial charge on any atom is -0.456 e. The van der Waals surface area contributed by atoms with E-state index in [2.05, 4.69) is 115 Å². The molecule has 0 amide bonds. The van der Waals surface area contributed by atoms with Crippen molar-refractivity contribution in [2.24, 2.45) is 0 Å². The molecule has 0 aliphatic rings. The Morgan fingerprint density at radius 2 is 0.978 bits per heavy atom. The van der Waals surface area contributed by atoms with E-state index in [1.54, 1.807) is 0 Å². The molecule has 0 radical (unpaired) electrons. The minimum absolute atomic E-state index is 0.619. The van der Waals surface area contributed by atoms with Gasteiger partial charge in [-0.1, -0.05) is 115 Å². The van der Waals surface area contributed by atoms with Crippen molar-refractivity contribution in [3.8, 4) is 45.3 Å². The number of benzene rings is 7. The molecule has 0 N–H and O–H groups in total. The standard InChI is InChI=1S/C41H25N3O/c1-2-9-26(10-3-1)29-19-21-33-30(23-29)13-8-15-35(33)41-43-39(31-18-17-27-11-4-5-12-28(27)24-31)42-40(44-41)32-20-22-38-36(25-32)34-14-6-7-16-37(34)45-38/h1-25H. The molecular formula is C41H25N3O. The molecule has 0 atom stereocenters. The Morgan fingerprint density at radius 1 is 0.333 bits per heavy atom. The van der Waals surface area contributed by atoms with Crippen LogP contribution < -0.4 is 0 Å². The van der Waals surface area contributed by atoms with E-state index in [0.29, 0.717) is 17.5 Å². The lowest BCUT2D eigenvalue weighted by Crippen LogP contribution is -2.00. The first-order chi connectivity index (χ1) is 22.3. The van der Waals surface area contributed by atoms with Gasteiger partial charge in [-0.05, 0) is 69.1 Å². The van der Waals surface area contributed by atoms with Crippen LogP contribution in [0.2, 0.25) is 0 Å². The van der Waals surface area contributed by atoms with Gasteiger partial charge in [0, 0.05) is 27.5 Å². The van der Waals surface area contributed by atoms with Crippen LogP contribution in [0.3, 0.4) is 0 Å². The molecule has 7 aromatic carbocycles. The highest BCUT2D eigenvalue weighted by molar-refractivity contribution is 6.06. The quantitative estimate of drug-likeness (QED) is 0.209. The Kier molecular flexibility index (Phi) is 5.78. The zero-order valence-corrected chi connectivity index (χ0v) is 24.2. The summed E-state index contributed by atoms with van der Waals surface area (Å²) in [5, 5.41) is 6.65. The summed E-state index contributed by atoms with van der Waals surface area (Å²) < 4.78 is 6.11. The van der Waals surface area contributed by atoms with Crippen molar-refractivity contribution >= 4 is 43.5 Å². The predicted octanol–water partition coefficient (Wildman–Crippen LogP) is 10.7. The van der Waals surface area contributed by atoms with Crippen LogP contribution in [-0.2, 0) is 0 Å². The van der Waals surface area contributed by atoms with E-state index in [9.17, 15) is 0 Å². The summed E-state index contributed by atoms with van der Waals surface area (Å²) in [5.41, 5.74) is 6.89. The average Bonchev–Trinajstić information content (AvgIpc) is 3.49. The lowest BCUT2D eigenvalue weighted by atomic mass is 9.98. The number of furan rings is 1. The highest BCUT2D eigenvalue weighted by Crippen LogP contribution is 2.35. The SMILES string of the molecule is c1ccc(-c2ccc3c(-c4nc(-c5ccc6ccccc6c5)nc(-c5ccc6oc7ccccc7c6c5)n4)cccc3c2)cc1. The Hall–Kier alpha value is -6.13. The van der Waals surface area contributed by atoms with E-state index in [1.165, 1.54) is 16.5 Å². The van der Waals surface area contributed by atoms with Crippen LogP contribution in [0.5, 0.6) is 0 Å². The smallest absolute Gasteiger partial charge is 0.164 e. The van der Waals surface area contributed by atoms with Crippen LogP contribution in [0.1, 0.15) is 0 Å². The van der Waals surface area contributed by atoms with Gasteiger partial charge in [0.1, 0.15) is 11.2 Å². The van der Waals surface area contributed by atoms with Crippen molar-refractivity contribution < 1.29 is 4.42 Å². The molecule has 0 saturated heterocycles. The molecule has 2 heterocycles. The van der Waals surface area contributed by atoms with Gasteiger partial charge in [0.15, 0.2) is 17.5 Å². The van der Waals surface area contributed by atoms with Crippen molar-refractivity contribution in [1.82, 2.24) is 15.0 Å². The highest BCUT2D eigenvalue weighted by atomic mass is 16.3. The summed E-state index contributed by atoms with van der Waals surface area (Å²) >= 11 is 0. The lowest BCUT2D eigenvalue weighted by molar-refractivity contribution is 0.669. The van der Waals surface area contributed by atoms with Crippen molar-refractivity contribution in [1.29, 1.82) is 0 Å². The Labute approximate surface area is 259 Å². The molecule has 4 nitrogen and oxygen atoms in total. The Balaban J connectivity index is 1.25. The first-order valence-corrected chi connectivity index (χ1v) is 15.0. The highest BCUT2D eigenvalue weighted by Gasteiger charge is 2.16. The van der Waals surface area contributed by atoms with E-state index < -0.39 is 0 Å². The van der Waals surface area contributed by atoms with Crippen molar-refractivity contribution in [3.63, 3.8) is 0 Å². The fourth-order valence-electron chi connectivity index (χ4n) is 6.24. The Bertz CT molecular complexity index is 2550. The summed E-state index contributed by atoms with van der Waals surface area (Å²) in [6, 6.07) is 52.4. The molecule has 0 unspecified atom stereocenters. The topological polar surface area (TPSA) is 51.8 Å². The van der Waals surface area contributed by atoms with Gasteiger partial charge in [0.05, 0.1) is 0 Å². The molecule has 210 valence electrons. The zero-order chi connectivity index (χ0) is 29.7. The fourth-order valence-corrected chi connectivity index (χ4v) is 6.24. The van der Waals surface area contributed by atoms with Crippen LogP contribution in [0.4, 0.5) is 0 Å². The van der Waals surface area contributed by atoms with Crippen molar-refractivity contribution in [2.75, 3.05) is 0 Å². The van der Waals surface area contributed by atoms with Crippen LogP contribution >= 0.6 is 0 Å². The second kappa shape index (κ2) is 10.2. The molecule has 0 fully saturated rings. The summed E-state index contributed by atoms with van der Waals surface area (Å²) in [7, 11) is 0. The molecule has 45 heavy (non-hydrogen) atoms. The molecule has 2 aromatic heterocycles. The summed E-state index contributed by atoms with van der Waals surface area (Å²) in [4.78, 5) is 15.3. The molecule has 9 rings (SSSR count). The lowest BCUT2D eigenvalue weighted by Gasteiger charge is -2.12. The molecular weight excluding hydrogens is 550 g/mol. The van der Waals surface area contributed by atoms with E-state index in [-0.39, 0.29) is 0 Å². The van der Waals surface area contributed by atoms with Gasteiger partial charge in [0.25, 0.3) is 0 Å². The fraction of sp³-hybridized carbons (Fsp3) is 0. The van der Waals surface area contributed by atoms with E-state index in [4.69, 9.17) is 19.4 Å². The zero-order valence-electron chi connectivity index (χ0n) is 24.2. The second-order valence-corrected chi connectivity index (χ2v) is 11.3. The van der Waals surface area contributed by atoms with Gasteiger partial charge in [-0.2, -0.15) is 0 Å². The minimum atomic E-state index is 0.619. The first-order valence-electron chi connectivity index (χ1n) is 15.0. The first kappa shape index (κ1) is 25.4. The third kappa shape index (κ3) is 4.43. The average molecular weight is 576 g/mol.